The summed E-state index contributed by atoms with van der Waals surface area (Å²) in [7, 11) is 0. The fraction of sp³-hybridized carbons (Fsp3) is 0.375. The predicted octanol–water partition coefficient (Wildman–Crippen LogP) is 4.63. The van der Waals surface area contributed by atoms with E-state index in [0.717, 1.165) is 27.1 Å². The second kappa shape index (κ2) is 8.52. The van der Waals surface area contributed by atoms with Gasteiger partial charge in [0, 0.05) is 51.1 Å². The largest absolute Gasteiger partial charge is 0.336 e. The van der Waals surface area contributed by atoms with Crippen LogP contribution in [0.15, 0.2) is 48.7 Å². The van der Waals surface area contributed by atoms with Crippen LogP contribution in [0.3, 0.4) is 0 Å². The molecule has 2 fully saturated rings. The van der Waals surface area contributed by atoms with Gasteiger partial charge in [-0.1, -0.05) is 11.6 Å². The maximum atomic E-state index is 13.5. The molecule has 2 aliphatic rings. The van der Waals surface area contributed by atoms with Crippen molar-refractivity contribution in [2.24, 2.45) is 0 Å². The Morgan fingerprint density at radius 1 is 1.10 bits per heavy atom. The van der Waals surface area contributed by atoms with E-state index in [2.05, 4.69) is 5.32 Å². The molecule has 0 aliphatic carbocycles. The number of hydrogen-bond acceptors (Lipinski definition) is 2. The number of carbonyl (C=O) groups excluding carboxylic acids is 1. The van der Waals surface area contributed by atoms with Crippen LogP contribution in [0.5, 0.6) is 0 Å². The third-order valence-corrected chi connectivity index (χ3v) is 6.27. The first kappa shape index (κ1) is 16.1. The normalized spacial score (nSPS) is 21.0. The van der Waals surface area contributed by atoms with Gasteiger partial charge in [-0.15, -0.1) is 0 Å². The molecule has 0 saturated carbocycles. The van der Waals surface area contributed by atoms with Gasteiger partial charge < -0.3 is 19.7 Å². The number of benzene rings is 2. The number of hydrogen-bond donors (Lipinski definition) is 1. The Kier molecular flexibility index (Phi) is 4.43. The molecule has 3 aromatic rings. The number of carbonyl (C=O) groups is 1. The number of piperidine rings is 1. The van der Waals surface area contributed by atoms with Gasteiger partial charge in [0.25, 0.3) is 0 Å². The van der Waals surface area contributed by atoms with Crippen molar-refractivity contribution in [3.63, 3.8) is 0 Å². The molecular weight excluding hydrogens is 415 g/mol. The van der Waals surface area contributed by atoms with Gasteiger partial charge in [-0.25, -0.2) is 9.18 Å². The monoisotopic (exact) mass is 444 g/mol. The average Bonchev–Trinajstić information content (AvgIpc) is 3.43. The zero-order valence-corrected chi connectivity index (χ0v) is 17.7. The molecule has 1 N–H and O–H groups in total. The van der Waals surface area contributed by atoms with E-state index in [1.807, 2.05) is 29.0 Å². The first-order chi connectivity index (χ1) is 16.6. The third-order valence-electron chi connectivity index (χ3n) is 6.04. The van der Waals surface area contributed by atoms with Crippen LogP contribution in [0.2, 0.25) is 5.02 Å². The lowest BCUT2D eigenvalue weighted by Crippen LogP contribution is -2.40. The minimum Gasteiger partial charge on any atom is -0.336 e. The standard InChI is InChI=1S/C24H26ClFN4O/c25-18-1-6-23-21(15-18)22(16-30(23)20-4-2-19(26)3-5-20)17-7-10-28(11-8-17)13-14-29-12-9-27-24(29)31/h1-6,15-17H,7-14H2,(H,27,31)/i13D2,14D2. The number of halogens is 2. The number of nitrogens with one attached hydrogen (secondary N) is 1. The number of amides is 2. The van der Waals surface area contributed by atoms with Gasteiger partial charge in [0.05, 0.1) is 8.26 Å². The minimum atomic E-state index is -2.47. The van der Waals surface area contributed by atoms with Gasteiger partial charge in [-0.2, -0.15) is 0 Å². The van der Waals surface area contributed by atoms with E-state index in [0.29, 0.717) is 37.5 Å². The van der Waals surface area contributed by atoms with Crippen molar-refractivity contribution in [2.45, 2.75) is 18.8 Å². The second-order valence-electron chi connectivity index (χ2n) is 7.96. The summed E-state index contributed by atoms with van der Waals surface area (Å²) in [5, 5.41) is 4.15. The maximum Gasteiger partial charge on any atom is 0.317 e. The van der Waals surface area contributed by atoms with E-state index < -0.39 is 19.0 Å². The summed E-state index contributed by atoms with van der Waals surface area (Å²) in [6.07, 6.45) is 3.28. The summed E-state index contributed by atoms with van der Waals surface area (Å²) in [6, 6.07) is 11.4. The van der Waals surface area contributed by atoms with Gasteiger partial charge >= 0.3 is 6.03 Å². The van der Waals surface area contributed by atoms with Crippen LogP contribution in [-0.2, 0) is 0 Å². The smallest absolute Gasteiger partial charge is 0.317 e. The van der Waals surface area contributed by atoms with Crippen molar-refractivity contribution in [3.05, 3.63) is 65.1 Å². The Balaban J connectivity index is 1.41. The minimum absolute atomic E-state index is 0.116. The van der Waals surface area contributed by atoms with Crippen LogP contribution in [-0.4, -0.2) is 59.6 Å². The molecule has 2 saturated heterocycles. The van der Waals surface area contributed by atoms with Crippen LogP contribution in [0.25, 0.3) is 16.6 Å². The first-order valence-corrected chi connectivity index (χ1v) is 10.8. The molecule has 0 unspecified atom stereocenters. The van der Waals surface area contributed by atoms with E-state index >= 15 is 0 Å². The number of rotatable bonds is 5. The Morgan fingerprint density at radius 2 is 1.87 bits per heavy atom. The predicted molar refractivity (Wildman–Crippen MR) is 122 cm³/mol. The highest BCUT2D eigenvalue weighted by Crippen LogP contribution is 2.36. The molecule has 0 radical (unpaired) electrons. The highest BCUT2D eigenvalue weighted by Gasteiger charge is 2.26. The van der Waals surface area contributed by atoms with Crippen molar-refractivity contribution in [2.75, 3.05) is 39.2 Å². The number of nitrogens with zero attached hydrogens (tertiary/aromatic N) is 3. The zero-order valence-electron chi connectivity index (χ0n) is 20.9. The molecule has 1 aromatic heterocycles. The Labute approximate surface area is 192 Å². The van der Waals surface area contributed by atoms with Gasteiger partial charge in [0.1, 0.15) is 5.82 Å². The Bertz CT molecular complexity index is 1260. The van der Waals surface area contributed by atoms with Gasteiger partial charge in [0.2, 0.25) is 0 Å². The Morgan fingerprint density at radius 3 is 2.58 bits per heavy atom. The van der Waals surface area contributed by atoms with Crippen LogP contribution < -0.4 is 5.32 Å². The van der Waals surface area contributed by atoms with Crippen molar-refractivity contribution in [3.8, 4) is 5.69 Å². The first-order valence-electron chi connectivity index (χ1n) is 12.5. The van der Waals surface area contributed by atoms with Gasteiger partial charge in [0.15, 0.2) is 0 Å². The summed E-state index contributed by atoms with van der Waals surface area (Å²) in [5.41, 5.74) is 2.86. The summed E-state index contributed by atoms with van der Waals surface area (Å²) in [6.45, 7) is -3.69. The van der Waals surface area contributed by atoms with E-state index in [1.54, 1.807) is 12.1 Å². The lowest BCUT2D eigenvalue weighted by Gasteiger charge is -2.32. The topological polar surface area (TPSA) is 40.5 Å². The summed E-state index contributed by atoms with van der Waals surface area (Å²) in [4.78, 5) is 14.5. The average molecular weight is 445 g/mol. The van der Waals surface area contributed by atoms with E-state index in [4.69, 9.17) is 17.1 Å². The van der Waals surface area contributed by atoms with Gasteiger partial charge in [-0.05, 0) is 79.9 Å². The molecule has 2 aromatic carbocycles. The Hall–Kier alpha value is -2.57. The van der Waals surface area contributed by atoms with Crippen LogP contribution in [0, 0.1) is 5.82 Å². The molecule has 7 heteroatoms. The maximum absolute atomic E-state index is 13.5. The molecule has 0 spiro atoms. The fourth-order valence-corrected chi connectivity index (χ4v) is 4.55. The number of likely N-dealkylation sites (tertiary alicyclic amines) is 1. The quantitative estimate of drug-likeness (QED) is 0.623. The molecule has 162 valence electrons. The second-order valence-corrected chi connectivity index (χ2v) is 8.40. The van der Waals surface area contributed by atoms with Crippen LogP contribution in [0.1, 0.15) is 29.8 Å². The SMILES string of the molecule is [2H]C([2H])(N1CCC(c2cn(-c3ccc(F)cc3)c3ccc(Cl)cc23)CC1)C([2H])([2H])N1CCNC1=O. The number of urea groups is 1. The van der Waals surface area contributed by atoms with Crippen molar-refractivity contribution < 1.29 is 14.7 Å². The van der Waals surface area contributed by atoms with Crippen LogP contribution in [0.4, 0.5) is 9.18 Å². The fourth-order valence-electron chi connectivity index (χ4n) is 4.38. The van der Waals surface area contributed by atoms with Crippen molar-refractivity contribution in [1.29, 1.82) is 0 Å². The highest BCUT2D eigenvalue weighted by molar-refractivity contribution is 6.31. The molecule has 0 atom stereocenters. The van der Waals surface area contributed by atoms with Gasteiger partial charge in [-0.3, -0.25) is 0 Å². The molecule has 3 heterocycles. The molecule has 31 heavy (non-hydrogen) atoms. The van der Waals surface area contributed by atoms with Crippen molar-refractivity contribution in [1.82, 2.24) is 19.7 Å². The van der Waals surface area contributed by atoms with E-state index in [-0.39, 0.29) is 18.3 Å². The lowest BCUT2D eigenvalue weighted by atomic mass is 9.89. The molecule has 5 nitrogen and oxygen atoms in total. The summed E-state index contributed by atoms with van der Waals surface area (Å²) >= 11 is 6.32. The highest BCUT2D eigenvalue weighted by atomic mass is 35.5. The molecule has 2 aliphatic heterocycles. The van der Waals surface area contributed by atoms with E-state index in [1.165, 1.54) is 17.0 Å². The number of fused-ring (bicyclic) bond motifs is 1. The van der Waals surface area contributed by atoms with Crippen molar-refractivity contribution >= 4 is 28.5 Å². The summed E-state index contributed by atoms with van der Waals surface area (Å²) < 4.78 is 49.5. The lowest BCUT2D eigenvalue weighted by molar-refractivity contribution is 0.181. The molecular formula is C24H26ClFN4O. The van der Waals surface area contributed by atoms with Crippen LogP contribution >= 0.6 is 11.6 Å². The zero-order chi connectivity index (χ0) is 25.0. The van der Waals surface area contributed by atoms with E-state index in [9.17, 15) is 9.18 Å². The molecule has 5 rings (SSSR count). The molecule has 0 bridgehead atoms. The summed E-state index contributed by atoms with van der Waals surface area (Å²) in [5.74, 6) is -0.188. The molecule has 2 amide bonds. The number of aromatic nitrogens is 1. The third kappa shape index (κ3) is 4.14.